The summed E-state index contributed by atoms with van der Waals surface area (Å²) in [6.45, 7) is 2.36. The van der Waals surface area contributed by atoms with Gasteiger partial charge in [0.2, 0.25) is 20.0 Å². The Morgan fingerprint density at radius 1 is 1.15 bits per heavy atom. The van der Waals surface area contributed by atoms with Gasteiger partial charge in [0.05, 0.1) is 12.0 Å². The molecule has 0 aromatic carbocycles. The lowest BCUT2D eigenvalue weighted by molar-refractivity contribution is 0.219. The normalized spacial score (nSPS) is 27.4. The van der Waals surface area contributed by atoms with Gasteiger partial charge in [-0.1, -0.05) is 0 Å². The van der Waals surface area contributed by atoms with Crippen LogP contribution in [0.2, 0.25) is 0 Å². The molecule has 0 saturated carbocycles. The van der Waals surface area contributed by atoms with Crippen molar-refractivity contribution in [3.63, 3.8) is 0 Å². The van der Waals surface area contributed by atoms with E-state index in [1.807, 2.05) is 7.05 Å². The van der Waals surface area contributed by atoms with E-state index in [1.54, 1.807) is 0 Å². The number of rotatable bonds is 5. The largest absolute Gasteiger partial charge is 0.305 e. The van der Waals surface area contributed by atoms with Crippen LogP contribution in [0.15, 0.2) is 0 Å². The Morgan fingerprint density at radius 2 is 1.80 bits per heavy atom. The van der Waals surface area contributed by atoms with Gasteiger partial charge in [-0.2, -0.15) is 0 Å². The van der Waals surface area contributed by atoms with Crippen molar-refractivity contribution in [1.82, 2.24) is 13.9 Å². The standard InChI is InChI=1S/C11H23N3O4S2/c1-13-5-3-4-11(8-13)12-20(17,18)9-10-6-14(7-10)19(2,15)16/h10-12H,3-9H2,1-2H3. The molecule has 0 aliphatic carbocycles. The number of nitrogens with zero attached hydrogens (tertiary/aromatic N) is 2. The van der Waals surface area contributed by atoms with E-state index < -0.39 is 20.0 Å². The van der Waals surface area contributed by atoms with Gasteiger partial charge in [-0.25, -0.2) is 25.9 Å². The zero-order valence-corrected chi connectivity index (χ0v) is 13.6. The van der Waals surface area contributed by atoms with E-state index in [2.05, 4.69) is 9.62 Å². The quantitative estimate of drug-likeness (QED) is 0.693. The summed E-state index contributed by atoms with van der Waals surface area (Å²) in [7, 11) is -4.53. The van der Waals surface area contributed by atoms with Gasteiger partial charge < -0.3 is 4.90 Å². The molecule has 2 saturated heterocycles. The maximum Gasteiger partial charge on any atom is 0.212 e. The van der Waals surface area contributed by atoms with E-state index >= 15 is 0 Å². The van der Waals surface area contributed by atoms with Gasteiger partial charge in [0.25, 0.3) is 0 Å². The summed E-state index contributed by atoms with van der Waals surface area (Å²) in [5.74, 6) is -0.0808. The summed E-state index contributed by atoms with van der Waals surface area (Å²) >= 11 is 0. The van der Waals surface area contributed by atoms with Crippen molar-refractivity contribution in [2.24, 2.45) is 5.92 Å². The van der Waals surface area contributed by atoms with E-state index in [4.69, 9.17) is 0 Å². The molecule has 0 bridgehead atoms. The molecule has 1 atom stereocenters. The number of hydrogen-bond donors (Lipinski definition) is 1. The summed E-state index contributed by atoms with van der Waals surface area (Å²) in [6, 6.07) is -0.0233. The molecule has 9 heteroatoms. The predicted molar refractivity (Wildman–Crippen MR) is 77.3 cm³/mol. The van der Waals surface area contributed by atoms with E-state index in [-0.39, 0.29) is 17.7 Å². The molecule has 2 aliphatic rings. The first-order valence-corrected chi connectivity index (χ1v) is 10.3. The Balaban J connectivity index is 1.81. The van der Waals surface area contributed by atoms with E-state index in [0.29, 0.717) is 13.1 Å². The molecule has 1 unspecified atom stereocenters. The number of likely N-dealkylation sites (N-methyl/N-ethyl adjacent to an activating group) is 1. The summed E-state index contributed by atoms with van der Waals surface area (Å²) in [4.78, 5) is 2.12. The number of nitrogens with one attached hydrogen (secondary N) is 1. The number of likely N-dealkylation sites (tertiary alicyclic amines) is 1. The van der Waals surface area contributed by atoms with Crippen molar-refractivity contribution in [3.8, 4) is 0 Å². The zero-order chi connectivity index (χ0) is 15.0. The zero-order valence-electron chi connectivity index (χ0n) is 11.9. The van der Waals surface area contributed by atoms with Gasteiger partial charge in [-0.3, -0.25) is 0 Å². The van der Waals surface area contributed by atoms with Gasteiger partial charge in [-0.15, -0.1) is 0 Å². The second-order valence-corrected chi connectivity index (χ2v) is 9.73. The first-order chi connectivity index (χ1) is 9.16. The number of hydrogen-bond acceptors (Lipinski definition) is 5. The smallest absolute Gasteiger partial charge is 0.212 e. The fourth-order valence-electron chi connectivity index (χ4n) is 2.77. The van der Waals surface area contributed by atoms with Crippen LogP contribution in [0.3, 0.4) is 0 Å². The third-order valence-electron chi connectivity index (χ3n) is 3.82. The Morgan fingerprint density at radius 3 is 2.35 bits per heavy atom. The van der Waals surface area contributed by atoms with Gasteiger partial charge >= 0.3 is 0 Å². The monoisotopic (exact) mass is 325 g/mol. The number of sulfonamides is 2. The molecule has 20 heavy (non-hydrogen) atoms. The van der Waals surface area contributed by atoms with Gasteiger partial charge in [0.1, 0.15) is 0 Å². The van der Waals surface area contributed by atoms with Gasteiger partial charge in [0, 0.05) is 31.6 Å². The highest BCUT2D eigenvalue weighted by atomic mass is 32.2. The molecule has 0 amide bonds. The molecule has 0 spiro atoms. The van der Waals surface area contributed by atoms with Crippen LogP contribution in [0.25, 0.3) is 0 Å². The molecule has 118 valence electrons. The molecule has 2 aliphatic heterocycles. The Bertz CT molecular complexity index is 540. The minimum Gasteiger partial charge on any atom is -0.305 e. The highest BCUT2D eigenvalue weighted by Gasteiger charge is 2.36. The molecule has 0 aromatic rings. The summed E-state index contributed by atoms with van der Waals surface area (Å²) in [6.07, 6.45) is 3.01. The van der Waals surface area contributed by atoms with Crippen molar-refractivity contribution in [1.29, 1.82) is 0 Å². The highest BCUT2D eigenvalue weighted by molar-refractivity contribution is 7.89. The molecular formula is C11H23N3O4S2. The summed E-state index contributed by atoms with van der Waals surface area (Å²) in [5.41, 5.74) is 0. The van der Waals surface area contributed by atoms with Crippen LogP contribution in [0.4, 0.5) is 0 Å². The first-order valence-electron chi connectivity index (χ1n) is 6.79. The highest BCUT2D eigenvalue weighted by Crippen LogP contribution is 2.20. The second kappa shape index (κ2) is 5.88. The van der Waals surface area contributed by atoms with Crippen LogP contribution in [0.1, 0.15) is 12.8 Å². The lowest BCUT2D eigenvalue weighted by Gasteiger charge is -2.37. The van der Waals surface area contributed by atoms with Crippen molar-refractivity contribution < 1.29 is 16.8 Å². The van der Waals surface area contributed by atoms with E-state index in [0.717, 1.165) is 32.2 Å². The maximum atomic E-state index is 12.1. The second-order valence-electron chi connectivity index (χ2n) is 5.95. The predicted octanol–water partition coefficient (Wildman–Crippen LogP) is -1.11. The molecular weight excluding hydrogens is 302 g/mol. The average Bonchev–Trinajstić information content (AvgIpc) is 2.20. The lowest BCUT2D eigenvalue weighted by atomic mass is 10.1. The van der Waals surface area contributed by atoms with Crippen molar-refractivity contribution in [3.05, 3.63) is 0 Å². The minimum atomic E-state index is -3.33. The van der Waals surface area contributed by atoms with Crippen LogP contribution in [0.5, 0.6) is 0 Å². The van der Waals surface area contributed by atoms with Gasteiger partial charge in [0.15, 0.2) is 0 Å². The Labute approximate surface area is 121 Å². The minimum absolute atomic E-state index is 0.0131. The van der Waals surface area contributed by atoms with Gasteiger partial charge in [-0.05, 0) is 26.4 Å². The number of piperidine rings is 1. The van der Waals surface area contributed by atoms with Crippen LogP contribution in [-0.4, -0.2) is 77.3 Å². The third-order valence-corrected chi connectivity index (χ3v) is 6.66. The van der Waals surface area contributed by atoms with E-state index in [1.165, 1.54) is 4.31 Å². The van der Waals surface area contributed by atoms with Crippen LogP contribution in [0, 0.1) is 5.92 Å². The average molecular weight is 325 g/mol. The topological polar surface area (TPSA) is 86.8 Å². The molecule has 2 rings (SSSR count). The molecule has 0 aromatic heterocycles. The van der Waals surface area contributed by atoms with Crippen molar-refractivity contribution >= 4 is 20.0 Å². The van der Waals surface area contributed by atoms with Crippen molar-refractivity contribution in [2.75, 3.05) is 45.2 Å². The molecule has 0 radical (unpaired) electrons. The Hall–Kier alpha value is -0.220. The Kier molecular flexibility index (Phi) is 4.75. The third kappa shape index (κ3) is 4.39. The van der Waals surface area contributed by atoms with Crippen LogP contribution < -0.4 is 4.72 Å². The van der Waals surface area contributed by atoms with Crippen molar-refractivity contribution in [2.45, 2.75) is 18.9 Å². The fraction of sp³-hybridized carbons (Fsp3) is 1.00. The fourth-order valence-corrected chi connectivity index (χ4v) is 5.36. The summed E-state index contributed by atoms with van der Waals surface area (Å²) in [5, 5.41) is 0. The first kappa shape index (κ1) is 16.2. The van der Waals surface area contributed by atoms with E-state index in [9.17, 15) is 16.8 Å². The SMILES string of the molecule is CN1CCCC(NS(=O)(=O)CC2CN(S(C)(=O)=O)C2)C1. The molecule has 2 fully saturated rings. The maximum absolute atomic E-state index is 12.1. The molecule has 1 N–H and O–H groups in total. The molecule has 7 nitrogen and oxygen atoms in total. The van der Waals surface area contributed by atoms with Crippen LogP contribution in [-0.2, 0) is 20.0 Å². The van der Waals surface area contributed by atoms with Crippen LogP contribution >= 0.6 is 0 Å². The lowest BCUT2D eigenvalue weighted by Crippen LogP contribution is -2.54. The molecule has 2 heterocycles. The summed E-state index contributed by atoms with van der Waals surface area (Å²) < 4.78 is 50.6.